The summed E-state index contributed by atoms with van der Waals surface area (Å²) in [5.74, 6) is 3.50. The summed E-state index contributed by atoms with van der Waals surface area (Å²) in [7, 11) is 0. The molecule has 0 amide bonds. The van der Waals surface area contributed by atoms with Crippen LogP contribution in [-0.4, -0.2) is 32.7 Å². The van der Waals surface area contributed by atoms with Crippen LogP contribution in [0.5, 0.6) is 0 Å². The summed E-state index contributed by atoms with van der Waals surface area (Å²) in [4.78, 5) is 4.07. The Morgan fingerprint density at radius 2 is 2.38 bits per heavy atom. The molecule has 0 saturated carbocycles. The average Bonchev–Trinajstić information content (AvgIpc) is 2.69. The molecule has 0 bridgehead atoms. The van der Waals surface area contributed by atoms with Gasteiger partial charge in [0.25, 0.3) is 0 Å². The Balaban J connectivity index is 1.72. The van der Waals surface area contributed by atoms with Gasteiger partial charge in [-0.2, -0.15) is 16.9 Å². The lowest BCUT2D eigenvalue weighted by atomic mass is 10.1. The number of rotatable bonds is 3. The number of nitrogens with zero attached hydrogens (tertiary/aromatic N) is 2. The van der Waals surface area contributed by atoms with Crippen molar-refractivity contribution in [2.24, 2.45) is 0 Å². The fourth-order valence-electron chi connectivity index (χ4n) is 1.46. The Labute approximate surface area is 81.9 Å². The standard InChI is InChI=1S/C8H14N4S/c1-3-13-4-2-7(1)9-5-8-10-6-11-12-8/h6-7,9H,1-5H2,(H,10,11,12). The minimum absolute atomic E-state index is 0.673. The van der Waals surface area contributed by atoms with Gasteiger partial charge in [-0.25, -0.2) is 4.98 Å². The normalized spacial score (nSPS) is 19.1. The van der Waals surface area contributed by atoms with Crippen LogP contribution in [0.2, 0.25) is 0 Å². The van der Waals surface area contributed by atoms with Crippen molar-refractivity contribution in [2.75, 3.05) is 11.5 Å². The van der Waals surface area contributed by atoms with Gasteiger partial charge in [0.05, 0.1) is 6.54 Å². The molecule has 72 valence electrons. The lowest BCUT2D eigenvalue weighted by Crippen LogP contribution is -2.32. The van der Waals surface area contributed by atoms with Crippen molar-refractivity contribution < 1.29 is 0 Å². The molecule has 0 spiro atoms. The Kier molecular flexibility index (Phi) is 3.21. The monoisotopic (exact) mass is 198 g/mol. The number of aromatic nitrogens is 3. The molecule has 1 aromatic rings. The molecule has 1 aliphatic heterocycles. The van der Waals surface area contributed by atoms with Crippen LogP contribution in [0.25, 0.3) is 0 Å². The SMILES string of the molecule is c1n[nH]c(CNC2CCSCC2)n1. The van der Waals surface area contributed by atoms with E-state index in [1.54, 1.807) is 6.33 Å². The largest absolute Gasteiger partial charge is 0.307 e. The van der Waals surface area contributed by atoms with Crippen LogP contribution in [0, 0.1) is 0 Å². The fourth-order valence-corrected chi connectivity index (χ4v) is 2.57. The Hall–Kier alpha value is -0.550. The van der Waals surface area contributed by atoms with Crippen molar-refractivity contribution in [3.63, 3.8) is 0 Å². The number of H-pyrrole nitrogens is 1. The van der Waals surface area contributed by atoms with Gasteiger partial charge in [-0.05, 0) is 24.3 Å². The second-order valence-electron chi connectivity index (χ2n) is 3.20. The smallest absolute Gasteiger partial charge is 0.138 e. The maximum Gasteiger partial charge on any atom is 0.138 e. The van der Waals surface area contributed by atoms with Crippen LogP contribution < -0.4 is 5.32 Å². The van der Waals surface area contributed by atoms with Crippen molar-refractivity contribution in [2.45, 2.75) is 25.4 Å². The topological polar surface area (TPSA) is 53.6 Å². The van der Waals surface area contributed by atoms with E-state index in [2.05, 4.69) is 20.5 Å². The first kappa shape index (κ1) is 9.02. The quantitative estimate of drug-likeness (QED) is 0.754. The third-order valence-electron chi connectivity index (χ3n) is 2.24. The van der Waals surface area contributed by atoms with E-state index in [9.17, 15) is 0 Å². The zero-order valence-corrected chi connectivity index (χ0v) is 8.31. The molecule has 1 fully saturated rings. The highest BCUT2D eigenvalue weighted by atomic mass is 32.2. The molecular weight excluding hydrogens is 184 g/mol. The Morgan fingerprint density at radius 1 is 1.54 bits per heavy atom. The van der Waals surface area contributed by atoms with Gasteiger partial charge in [0.1, 0.15) is 12.2 Å². The summed E-state index contributed by atoms with van der Waals surface area (Å²) >= 11 is 2.05. The van der Waals surface area contributed by atoms with Gasteiger partial charge < -0.3 is 5.32 Å². The lowest BCUT2D eigenvalue weighted by molar-refractivity contribution is 0.475. The summed E-state index contributed by atoms with van der Waals surface area (Å²) in [6.45, 7) is 0.815. The number of hydrogen-bond acceptors (Lipinski definition) is 4. The first-order valence-corrected chi connectivity index (χ1v) is 5.76. The van der Waals surface area contributed by atoms with E-state index in [1.165, 1.54) is 24.3 Å². The van der Waals surface area contributed by atoms with Crippen molar-refractivity contribution in [1.82, 2.24) is 20.5 Å². The van der Waals surface area contributed by atoms with E-state index in [4.69, 9.17) is 0 Å². The highest BCUT2D eigenvalue weighted by Crippen LogP contribution is 2.16. The van der Waals surface area contributed by atoms with Crippen LogP contribution >= 0.6 is 11.8 Å². The Bertz CT molecular complexity index is 230. The minimum atomic E-state index is 0.673. The van der Waals surface area contributed by atoms with Crippen molar-refractivity contribution in [1.29, 1.82) is 0 Å². The zero-order valence-electron chi connectivity index (χ0n) is 7.49. The lowest BCUT2D eigenvalue weighted by Gasteiger charge is -2.21. The van der Waals surface area contributed by atoms with E-state index in [0.717, 1.165) is 12.4 Å². The highest BCUT2D eigenvalue weighted by molar-refractivity contribution is 7.99. The van der Waals surface area contributed by atoms with Crippen LogP contribution in [-0.2, 0) is 6.54 Å². The molecule has 2 rings (SSSR count). The van der Waals surface area contributed by atoms with Gasteiger partial charge in [0.15, 0.2) is 0 Å². The highest BCUT2D eigenvalue weighted by Gasteiger charge is 2.12. The molecule has 0 radical (unpaired) electrons. The molecule has 5 heteroatoms. The van der Waals surface area contributed by atoms with Gasteiger partial charge >= 0.3 is 0 Å². The average molecular weight is 198 g/mol. The number of nitrogens with one attached hydrogen (secondary N) is 2. The summed E-state index contributed by atoms with van der Waals surface area (Å²) in [6.07, 6.45) is 4.10. The van der Waals surface area contributed by atoms with E-state index >= 15 is 0 Å². The summed E-state index contributed by atoms with van der Waals surface area (Å²) in [5.41, 5.74) is 0. The molecule has 13 heavy (non-hydrogen) atoms. The van der Waals surface area contributed by atoms with Crippen LogP contribution in [0.3, 0.4) is 0 Å². The second-order valence-corrected chi connectivity index (χ2v) is 4.42. The number of hydrogen-bond donors (Lipinski definition) is 2. The van der Waals surface area contributed by atoms with Gasteiger partial charge in [-0.3, -0.25) is 5.10 Å². The molecule has 2 N–H and O–H groups in total. The zero-order chi connectivity index (χ0) is 8.93. The van der Waals surface area contributed by atoms with Crippen molar-refractivity contribution in [3.05, 3.63) is 12.2 Å². The van der Waals surface area contributed by atoms with E-state index in [-0.39, 0.29) is 0 Å². The van der Waals surface area contributed by atoms with Gasteiger partial charge in [0, 0.05) is 6.04 Å². The van der Waals surface area contributed by atoms with Crippen LogP contribution in [0.4, 0.5) is 0 Å². The summed E-state index contributed by atoms with van der Waals surface area (Å²) < 4.78 is 0. The second kappa shape index (κ2) is 4.62. The third kappa shape index (κ3) is 2.70. The third-order valence-corrected chi connectivity index (χ3v) is 3.29. The van der Waals surface area contributed by atoms with Crippen molar-refractivity contribution in [3.8, 4) is 0 Å². The van der Waals surface area contributed by atoms with E-state index in [1.807, 2.05) is 11.8 Å². The first-order valence-electron chi connectivity index (χ1n) is 4.60. The molecule has 4 nitrogen and oxygen atoms in total. The van der Waals surface area contributed by atoms with Crippen LogP contribution in [0.1, 0.15) is 18.7 Å². The summed E-state index contributed by atoms with van der Waals surface area (Å²) in [6, 6.07) is 0.673. The van der Waals surface area contributed by atoms with Crippen molar-refractivity contribution >= 4 is 11.8 Å². The molecule has 0 unspecified atom stereocenters. The fraction of sp³-hybridized carbons (Fsp3) is 0.750. The van der Waals surface area contributed by atoms with Gasteiger partial charge in [-0.1, -0.05) is 0 Å². The molecule has 1 aliphatic rings. The molecular formula is C8H14N4S. The van der Waals surface area contributed by atoms with Gasteiger partial charge in [0.2, 0.25) is 0 Å². The summed E-state index contributed by atoms with van der Waals surface area (Å²) in [5, 5.41) is 10.1. The Morgan fingerprint density at radius 3 is 3.08 bits per heavy atom. The molecule has 0 aliphatic carbocycles. The molecule has 0 aromatic carbocycles. The van der Waals surface area contributed by atoms with E-state index < -0.39 is 0 Å². The predicted molar refractivity (Wildman–Crippen MR) is 53.6 cm³/mol. The minimum Gasteiger partial charge on any atom is -0.307 e. The maximum atomic E-state index is 4.07. The molecule has 1 saturated heterocycles. The van der Waals surface area contributed by atoms with E-state index in [0.29, 0.717) is 6.04 Å². The molecule has 0 atom stereocenters. The molecule has 2 heterocycles. The first-order chi connectivity index (χ1) is 6.45. The predicted octanol–water partition coefficient (Wildman–Crippen LogP) is 0.790. The van der Waals surface area contributed by atoms with Crippen LogP contribution in [0.15, 0.2) is 6.33 Å². The number of aromatic amines is 1. The molecule has 1 aromatic heterocycles. The number of thioether (sulfide) groups is 1. The maximum absolute atomic E-state index is 4.07. The van der Waals surface area contributed by atoms with Gasteiger partial charge in [-0.15, -0.1) is 0 Å².